The highest BCUT2D eigenvalue weighted by molar-refractivity contribution is 5.46. The first-order chi connectivity index (χ1) is 9.72. The van der Waals surface area contributed by atoms with Crippen LogP contribution in [0.5, 0.6) is 5.75 Å². The molecule has 1 aliphatic rings. The van der Waals surface area contributed by atoms with E-state index in [4.69, 9.17) is 10.6 Å². The topological polar surface area (TPSA) is 73.1 Å². The number of nitrogens with two attached hydrogens (primary N) is 1. The third-order valence-electron chi connectivity index (χ3n) is 3.66. The van der Waals surface area contributed by atoms with E-state index in [1.165, 1.54) is 5.56 Å². The van der Waals surface area contributed by atoms with Crippen LogP contribution in [-0.4, -0.2) is 9.97 Å². The number of aryl methyl sites for hydroxylation is 1. The van der Waals surface area contributed by atoms with Crippen LogP contribution in [0.15, 0.2) is 24.3 Å². The molecule has 1 aliphatic heterocycles. The SMILES string of the molecule is CCc1c(C)nc(C2Cc3ccccc3O2)nc1NN. The van der Waals surface area contributed by atoms with Gasteiger partial charge in [0, 0.05) is 17.7 Å². The number of nitrogen functional groups attached to an aromatic ring is 1. The van der Waals surface area contributed by atoms with E-state index in [-0.39, 0.29) is 6.10 Å². The van der Waals surface area contributed by atoms with Crippen LogP contribution in [0, 0.1) is 6.92 Å². The predicted molar refractivity (Wildman–Crippen MR) is 77.5 cm³/mol. The lowest BCUT2D eigenvalue weighted by atomic mass is 10.1. The Morgan fingerprint density at radius 2 is 2.15 bits per heavy atom. The van der Waals surface area contributed by atoms with Gasteiger partial charge in [0.1, 0.15) is 11.6 Å². The molecule has 1 unspecified atom stereocenters. The zero-order valence-electron chi connectivity index (χ0n) is 11.7. The molecule has 3 rings (SSSR count). The van der Waals surface area contributed by atoms with Gasteiger partial charge in [0.05, 0.1) is 0 Å². The Morgan fingerprint density at radius 3 is 2.85 bits per heavy atom. The standard InChI is InChI=1S/C15H18N4O/c1-3-11-9(2)17-15(18-14(11)19-16)13-8-10-6-4-5-7-12(10)20-13/h4-7,13H,3,8,16H2,1-2H3,(H,17,18,19). The molecule has 20 heavy (non-hydrogen) atoms. The molecule has 1 aromatic heterocycles. The maximum Gasteiger partial charge on any atom is 0.172 e. The van der Waals surface area contributed by atoms with Gasteiger partial charge in [0.15, 0.2) is 11.9 Å². The van der Waals surface area contributed by atoms with E-state index < -0.39 is 0 Å². The van der Waals surface area contributed by atoms with Gasteiger partial charge in [-0.05, 0) is 25.0 Å². The van der Waals surface area contributed by atoms with Crippen molar-refractivity contribution in [2.75, 3.05) is 5.43 Å². The number of anilines is 1. The van der Waals surface area contributed by atoms with Gasteiger partial charge in [-0.2, -0.15) is 0 Å². The molecule has 0 radical (unpaired) electrons. The van der Waals surface area contributed by atoms with Gasteiger partial charge in [0.2, 0.25) is 0 Å². The number of hydrogen-bond donors (Lipinski definition) is 2. The maximum absolute atomic E-state index is 5.93. The zero-order chi connectivity index (χ0) is 14.1. The van der Waals surface area contributed by atoms with Gasteiger partial charge >= 0.3 is 0 Å². The Kier molecular flexibility index (Phi) is 3.28. The minimum absolute atomic E-state index is 0.135. The lowest BCUT2D eigenvalue weighted by Gasteiger charge is -2.14. The van der Waals surface area contributed by atoms with Crippen LogP contribution in [0.4, 0.5) is 5.82 Å². The smallest absolute Gasteiger partial charge is 0.172 e. The fourth-order valence-electron chi connectivity index (χ4n) is 2.63. The van der Waals surface area contributed by atoms with Crippen molar-refractivity contribution in [1.82, 2.24) is 9.97 Å². The van der Waals surface area contributed by atoms with Crippen molar-refractivity contribution in [1.29, 1.82) is 0 Å². The molecule has 0 saturated carbocycles. The Labute approximate surface area is 118 Å². The molecule has 0 aliphatic carbocycles. The second-order valence-corrected chi connectivity index (χ2v) is 4.91. The highest BCUT2D eigenvalue weighted by atomic mass is 16.5. The third kappa shape index (κ3) is 2.10. The first-order valence-electron chi connectivity index (χ1n) is 6.81. The van der Waals surface area contributed by atoms with E-state index in [9.17, 15) is 0 Å². The molecule has 1 aromatic carbocycles. The molecule has 5 nitrogen and oxygen atoms in total. The van der Waals surface area contributed by atoms with Gasteiger partial charge in [0.25, 0.3) is 0 Å². The molecule has 3 N–H and O–H groups in total. The number of rotatable bonds is 3. The number of benzene rings is 1. The first-order valence-corrected chi connectivity index (χ1v) is 6.81. The number of aromatic nitrogens is 2. The van der Waals surface area contributed by atoms with Crippen LogP contribution in [0.2, 0.25) is 0 Å². The summed E-state index contributed by atoms with van der Waals surface area (Å²) in [5.74, 6) is 7.86. The van der Waals surface area contributed by atoms with Crippen LogP contribution in [0.25, 0.3) is 0 Å². The second kappa shape index (κ2) is 5.09. The Hall–Kier alpha value is -2.14. The summed E-state index contributed by atoms with van der Waals surface area (Å²) >= 11 is 0. The average molecular weight is 270 g/mol. The molecule has 104 valence electrons. The van der Waals surface area contributed by atoms with Gasteiger partial charge in [-0.25, -0.2) is 15.8 Å². The molecule has 0 fully saturated rings. The van der Waals surface area contributed by atoms with Crippen molar-refractivity contribution < 1.29 is 4.74 Å². The van der Waals surface area contributed by atoms with Gasteiger partial charge < -0.3 is 10.2 Å². The minimum Gasteiger partial charge on any atom is -0.482 e. The summed E-state index contributed by atoms with van der Waals surface area (Å²) in [5.41, 5.74) is 5.86. The summed E-state index contributed by atoms with van der Waals surface area (Å²) in [5, 5.41) is 0. The Morgan fingerprint density at radius 1 is 1.35 bits per heavy atom. The van der Waals surface area contributed by atoms with Crippen LogP contribution in [0.1, 0.15) is 35.7 Å². The molecule has 0 amide bonds. The quantitative estimate of drug-likeness (QED) is 0.661. The van der Waals surface area contributed by atoms with Crippen molar-refractivity contribution in [2.45, 2.75) is 32.8 Å². The summed E-state index contributed by atoms with van der Waals surface area (Å²) in [7, 11) is 0. The molecule has 0 spiro atoms. The zero-order valence-corrected chi connectivity index (χ0v) is 11.7. The predicted octanol–water partition coefficient (Wildman–Crippen LogP) is 2.31. The second-order valence-electron chi connectivity index (χ2n) is 4.91. The highest BCUT2D eigenvalue weighted by Crippen LogP contribution is 2.35. The average Bonchev–Trinajstić information content (AvgIpc) is 2.90. The number of ether oxygens (including phenoxy) is 1. The molecular formula is C15H18N4O. The number of para-hydroxylation sites is 1. The van der Waals surface area contributed by atoms with Crippen LogP contribution >= 0.6 is 0 Å². The molecule has 2 heterocycles. The molecule has 1 atom stereocenters. The van der Waals surface area contributed by atoms with E-state index in [2.05, 4.69) is 28.4 Å². The number of hydrazine groups is 1. The van der Waals surface area contributed by atoms with Crippen molar-refractivity contribution in [2.24, 2.45) is 5.84 Å². The Balaban J connectivity index is 1.95. The first kappa shape index (κ1) is 12.9. The summed E-state index contributed by atoms with van der Waals surface area (Å²) in [4.78, 5) is 9.10. The number of nitrogens with one attached hydrogen (secondary N) is 1. The van der Waals surface area contributed by atoms with Crippen molar-refractivity contribution in [3.05, 3.63) is 46.9 Å². The van der Waals surface area contributed by atoms with Crippen LogP contribution in [-0.2, 0) is 12.8 Å². The third-order valence-corrected chi connectivity index (χ3v) is 3.66. The van der Waals surface area contributed by atoms with Gasteiger partial charge in [-0.3, -0.25) is 0 Å². The van der Waals surface area contributed by atoms with Crippen molar-refractivity contribution in [3.8, 4) is 5.75 Å². The van der Waals surface area contributed by atoms with Crippen molar-refractivity contribution >= 4 is 5.82 Å². The van der Waals surface area contributed by atoms with E-state index in [1.54, 1.807) is 0 Å². The monoisotopic (exact) mass is 270 g/mol. The van der Waals surface area contributed by atoms with E-state index in [0.29, 0.717) is 11.6 Å². The number of nitrogens with zero attached hydrogens (tertiary/aromatic N) is 2. The van der Waals surface area contributed by atoms with Crippen LogP contribution < -0.4 is 16.0 Å². The summed E-state index contributed by atoms with van der Waals surface area (Å²) in [6.45, 7) is 4.04. The molecular weight excluding hydrogens is 252 g/mol. The Bertz CT molecular complexity index is 617. The summed E-state index contributed by atoms with van der Waals surface area (Å²) in [6, 6.07) is 8.04. The fraction of sp³-hybridized carbons (Fsp3) is 0.333. The normalized spacial score (nSPS) is 16.6. The van der Waals surface area contributed by atoms with Crippen molar-refractivity contribution in [3.63, 3.8) is 0 Å². The lowest BCUT2D eigenvalue weighted by Crippen LogP contribution is -2.17. The minimum atomic E-state index is -0.135. The highest BCUT2D eigenvalue weighted by Gasteiger charge is 2.27. The number of hydrogen-bond acceptors (Lipinski definition) is 5. The fourth-order valence-corrected chi connectivity index (χ4v) is 2.63. The maximum atomic E-state index is 5.93. The van der Waals surface area contributed by atoms with Gasteiger partial charge in [-0.1, -0.05) is 25.1 Å². The van der Waals surface area contributed by atoms with E-state index in [0.717, 1.165) is 29.8 Å². The molecule has 2 aromatic rings. The van der Waals surface area contributed by atoms with E-state index >= 15 is 0 Å². The molecule has 0 saturated heterocycles. The largest absolute Gasteiger partial charge is 0.482 e. The van der Waals surface area contributed by atoms with Gasteiger partial charge in [-0.15, -0.1) is 0 Å². The summed E-state index contributed by atoms with van der Waals surface area (Å²) < 4.78 is 5.93. The summed E-state index contributed by atoms with van der Waals surface area (Å²) in [6.07, 6.45) is 1.51. The number of fused-ring (bicyclic) bond motifs is 1. The molecule has 5 heteroatoms. The lowest BCUT2D eigenvalue weighted by molar-refractivity contribution is 0.227. The van der Waals surface area contributed by atoms with Crippen LogP contribution in [0.3, 0.4) is 0 Å². The molecule has 0 bridgehead atoms. The van der Waals surface area contributed by atoms with E-state index in [1.807, 2.05) is 25.1 Å².